The fraction of sp³-hybridized carbons (Fsp3) is 0.615. The Morgan fingerprint density at radius 3 is 2.90 bits per heavy atom. The van der Waals surface area contributed by atoms with Gasteiger partial charge in [-0.25, -0.2) is 4.98 Å². The van der Waals surface area contributed by atoms with E-state index < -0.39 is 0 Å². The molecule has 1 aliphatic rings. The lowest BCUT2D eigenvalue weighted by Gasteiger charge is -2.10. The first kappa shape index (κ1) is 14.8. The van der Waals surface area contributed by atoms with Crippen LogP contribution in [0, 0.1) is 6.92 Å². The Morgan fingerprint density at radius 2 is 2.30 bits per heavy atom. The average molecular weight is 295 g/mol. The van der Waals surface area contributed by atoms with Gasteiger partial charge in [0.2, 0.25) is 0 Å². The van der Waals surface area contributed by atoms with Crippen molar-refractivity contribution >= 4 is 23.2 Å². The summed E-state index contributed by atoms with van der Waals surface area (Å²) in [6, 6.07) is 0.572. The molecule has 110 valence electrons. The van der Waals surface area contributed by atoms with Crippen molar-refractivity contribution < 1.29 is 4.79 Å². The lowest BCUT2D eigenvalue weighted by Crippen LogP contribution is -2.39. The standard InChI is InChI=1S/C13H21N5OS/c1-3-14-13(18-10-4-5-10)16-7-6-15-12(19)11-9(2)17-8-20-11/h8,10H,3-7H2,1-2H3,(H,15,19)(H2,14,16,18). The Labute approximate surface area is 123 Å². The van der Waals surface area contributed by atoms with E-state index in [0.717, 1.165) is 18.2 Å². The summed E-state index contributed by atoms with van der Waals surface area (Å²) in [4.78, 5) is 21.0. The Bertz CT molecular complexity index is 481. The summed E-state index contributed by atoms with van der Waals surface area (Å²) in [6.45, 7) is 5.80. The molecule has 1 aromatic rings. The van der Waals surface area contributed by atoms with E-state index in [2.05, 4.69) is 25.9 Å². The van der Waals surface area contributed by atoms with Gasteiger partial charge >= 0.3 is 0 Å². The lowest BCUT2D eigenvalue weighted by molar-refractivity contribution is 0.0958. The molecular formula is C13H21N5OS. The van der Waals surface area contributed by atoms with Gasteiger partial charge in [0.25, 0.3) is 5.91 Å². The Morgan fingerprint density at radius 1 is 1.50 bits per heavy atom. The van der Waals surface area contributed by atoms with Gasteiger partial charge in [-0.3, -0.25) is 9.79 Å². The summed E-state index contributed by atoms with van der Waals surface area (Å²) in [6.07, 6.45) is 2.43. The van der Waals surface area contributed by atoms with Crippen molar-refractivity contribution in [2.45, 2.75) is 32.7 Å². The second-order valence-electron chi connectivity index (χ2n) is 4.70. The van der Waals surface area contributed by atoms with Crippen LogP contribution in [0.3, 0.4) is 0 Å². The second-order valence-corrected chi connectivity index (χ2v) is 5.56. The molecule has 1 aromatic heterocycles. The number of hydrogen-bond donors (Lipinski definition) is 3. The number of carbonyl (C=O) groups excluding carboxylic acids is 1. The van der Waals surface area contributed by atoms with Gasteiger partial charge in [-0.2, -0.15) is 0 Å². The summed E-state index contributed by atoms with van der Waals surface area (Å²) in [7, 11) is 0. The van der Waals surface area contributed by atoms with E-state index in [0.29, 0.717) is 24.0 Å². The topological polar surface area (TPSA) is 78.4 Å². The molecule has 7 heteroatoms. The van der Waals surface area contributed by atoms with Gasteiger partial charge in [0.05, 0.1) is 17.7 Å². The highest BCUT2D eigenvalue weighted by atomic mass is 32.1. The van der Waals surface area contributed by atoms with Crippen LogP contribution < -0.4 is 16.0 Å². The molecule has 1 heterocycles. The lowest BCUT2D eigenvalue weighted by atomic mass is 10.4. The molecule has 0 unspecified atom stereocenters. The van der Waals surface area contributed by atoms with E-state index >= 15 is 0 Å². The van der Waals surface area contributed by atoms with Gasteiger partial charge in [0.15, 0.2) is 5.96 Å². The number of aromatic nitrogens is 1. The number of aliphatic imine (C=N–C) groups is 1. The van der Waals surface area contributed by atoms with Gasteiger partial charge in [-0.15, -0.1) is 11.3 Å². The van der Waals surface area contributed by atoms with Crippen LogP contribution in [0.25, 0.3) is 0 Å². The fourth-order valence-corrected chi connectivity index (χ4v) is 2.40. The van der Waals surface area contributed by atoms with Crippen LogP contribution in [0.2, 0.25) is 0 Å². The number of hydrogen-bond acceptors (Lipinski definition) is 4. The largest absolute Gasteiger partial charge is 0.357 e. The number of guanidine groups is 1. The average Bonchev–Trinajstić information content (AvgIpc) is 3.13. The predicted octanol–water partition coefficient (Wildman–Crippen LogP) is 0.899. The SMILES string of the molecule is CCNC(=NCCNC(=O)c1scnc1C)NC1CC1. The zero-order valence-corrected chi connectivity index (χ0v) is 12.7. The fourth-order valence-electron chi connectivity index (χ4n) is 1.68. The first-order chi connectivity index (χ1) is 9.70. The summed E-state index contributed by atoms with van der Waals surface area (Å²) >= 11 is 1.36. The molecule has 1 saturated carbocycles. The van der Waals surface area contributed by atoms with Crippen LogP contribution in [0.1, 0.15) is 35.1 Å². The number of rotatable bonds is 6. The molecule has 0 aromatic carbocycles. The molecule has 0 atom stereocenters. The molecule has 0 radical (unpaired) electrons. The van der Waals surface area contributed by atoms with Gasteiger partial charge in [0.1, 0.15) is 4.88 Å². The van der Waals surface area contributed by atoms with Gasteiger partial charge < -0.3 is 16.0 Å². The van der Waals surface area contributed by atoms with Crippen LogP contribution in [0.5, 0.6) is 0 Å². The van der Waals surface area contributed by atoms with Crippen molar-refractivity contribution in [2.75, 3.05) is 19.6 Å². The van der Waals surface area contributed by atoms with E-state index in [1.807, 2.05) is 13.8 Å². The van der Waals surface area contributed by atoms with Crippen LogP contribution in [0.4, 0.5) is 0 Å². The first-order valence-corrected chi connectivity index (χ1v) is 7.81. The van der Waals surface area contributed by atoms with E-state index in [1.54, 1.807) is 5.51 Å². The molecule has 1 aliphatic carbocycles. The second kappa shape index (κ2) is 7.23. The van der Waals surface area contributed by atoms with Gasteiger partial charge in [0, 0.05) is 19.1 Å². The van der Waals surface area contributed by atoms with Crippen LogP contribution >= 0.6 is 11.3 Å². The van der Waals surface area contributed by atoms with Crippen LogP contribution in [-0.4, -0.2) is 42.5 Å². The van der Waals surface area contributed by atoms with Crippen molar-refractivity contribution in [2.24, 2.45) is 4.99 Å². The number of carbonyl (C=O) groups is 1. The van der Waals surface area contributed by atoms with E-state index in [-0.39, 0.29) is 5.91 Å². The Balaban J connectivity index is 1.73. The summed E-state index contributed by atoms with van der Waals surface area (Å²) in [5, 5.41) is 9.39. The number of amides is 1. The zero-order valence-electron chi connectivity index (χ0n) is 11.9. The number of nitrogens with zero attached hydrogens (tertiary/aromatic N) is 2. The molecule has 1 fully saturated rings. The predicted molar refractivity (Wildman–Crippen MR) is 81.3 cm³/mol. The maximum atomic E-state index is 11.9. The quantitative estimate of drug-likeness (QED) is 0.414. The van der Waals surface area contributed by atoms with Crippen LogP contribution in [-0.2, 0) is 0 Å². The number of aryl methyl sites for hydroxylation is 1. The van der Waals surface area contributed by atoms with Crippen molar-refractivity contribution in [3.63, 3.8) is 0 Å². The van der Waals surface area contributed by atoms with Crippen molar-refractivity contribution in [3.8, 4) is 0 Å². The van der Waals surface area contributed by atoms with Crippen molar-refractivity contribution in [1.29, 1.82) is 0 Å². The molecule has 0 saturated heterocycles. The Kier molecular flexibility index (Phi) is 5.34. The first-order valence-electron chi connectivity index (χ1n) is 6.93. The highest BCUT2D eigenvalue weighted by molar-refractivity contribution is 7.11. The molecular weight excluding hydrogens is 274 g/mol. The minimum atomic E-state index is -0.0691. The third-order valence-electron chi connectivity index (χ3n) is 2.88. The van der Waals surface area contributed by atoms with E-state index in [9.17, 15) is 4.79 Å². The molecule has 6 nitrogen and oxygen atoms in total. The van der Waals surface area contributed by atoms with Gasteiger partial charge in [-0.1, -0.05) is 0 Å². The molecule has 2 rings (SSSR count). The monoisotopic (exact) mass is 295 g/mol. The number of nitrogens with one attached hydrogen (secondary N) is 3. The third kappa shape index (κ3) is 4.48. The maximum absolute atomic E-state index is 11.9. The maximum Gasteiger partial charge on any atom is 0.263 e. The normalized spacial score (nSPS) is 15.0. The van der Waals surface area contributed by atoms with Crippen molar-refractivity contribution in [1.82, 2.24) is 20.9 Å². The molecule has 0 spiro atoms. The highest BCUT2D eigenvalue weighted by Crippen LogP contribution is 2.18. The minimum absolute atomic E-state index is 0.0691. The van der Waals surface area contributed by atoms with Crippen LogP contribution in [0.15, 0.2) is 10.5 Å². The zero-order chi connectivity index (χ0) is 14.4. The van der Waals surface area contributed by atoms with E-state index in [4.69, 9.17) is 0 Å². The van der Waals surface area contributed by atoms with E-state index in [1.165, 1.54) is 24.2 Å². The smallest absolute Gasteiger partial charge is 0.263 e. The van der Waals surface area contributed by atoms with Crippen molar-refractivity contribution in [3.05, 3.63) is 16.1 Å². The number of thiazole rings is 1. The summed E-state index contributed by atoms with van der Waals surface area (Å²) < 4.78 is 0. The minimum Gasteiger partial charge on any atom is -0.357 e. The molecule has 0 bridgehead atoms. The molecule has 20 heavy (non-hydrogen) atoms. The Hall–Kier alpha value is -1.63. The highest BCUT2D eigenvalue weighted by Gasteiger charge is 2.21. The summed E-state index contributed by atoms with van der Waals surface area (Å²) in [5.41, 5.74) is 2.46. The molecule has 0 aliphatic heterocycles. The summed E-state index contributed by atoms with van der Waals surface area (Å²) in [5.74, 6) is 0.763. The molecule has 1 amide bonds. The third-order valence-corrected chi connectivity index (χ3v) is 3.81. The van der Waals surface area contributed by atoms with Gasteiger partial charge in [-0.05, 0) is 26.7 Å². The molecule has 3 N–H and O–H groups in total.